The number of nitrogens with one attached hydrogen (secondary N) is 3. The van der Waals surface area contributed by atoms with Crippen LogP contribution in [0.25, 0.3) is 0 Å². The Bertz CT molecular complexity index is 754. The van der Waals surface area contributed by atoms with Crippen molar-refractivity contribution < 1.29 is 8.42 Å². The SMILES string of the molecule is CN=C(NCCCN1CCC(C)CC1)NCc1ccc(CS(=O)(=O)NC(C)C)cc1. The van der Waals surface area contributed by atoms with Crippen molar-refractivity contribution >= 4 is 16.0 Å². The first-order chi connectivity index (χ1) is 14.3. The van der Waals surface area contributed by atoms with Crippen molar-refractivity contribution in [3.05, 3.63) is 35.4 Å². The number of piperidine rings is 1. The van der Waals surface area contributed by atoms with E-state index in [0.29, 0.717) is 6.54 Å². The third-order valence-corrected chi connectivity index (χ3v) is 6.84. The molecule has 0 aromatic heterocycles. The highest BCUT2D eigenvalue weighted by Crippen LogP contribution is 2.15. The summed E-state index contributed by atoms with van der Waals surface area (Å²) in [6.45, 7) is 11.1. The van der Waals surface area contributed by atoms with Crippen LogP contribution in [0.3, 0.4) is 0 Å². The molecule has 0 spiro atoms. The van der Waals surface area contributed by atoms with Crippen LogP contribution in [-0.4, -0.2) is 58.5 Å². The molecule has 0 aliphatic carbocycles. The van der Waals surface area contributed by atoms with Gasteiger partial charge in [-0.1, -0.05) is 31.2 Å². The zero-order valence-electron chi connectivity index (χ0n) is 18.9. The van der Waals surface area contributed by atoms with Gasteiger partial charge >= 0.3 is 0 Å². The minimum absolute atomic E-state index is 0.00194. The Morgan fingerprint density at radius 1 is 1.13 bits per heavy atom. The van der Waals surface area contributed by atoms with Crippen LogP contribution in [-0.2, 0) is 22.3 Å². The Morgan fingerprint density at radius 2 is 1.77 bits per heavy atom. The average Bonchev–Trinajstić information content (AvgIpc) is 2.68. The molecule has 3 N–H and O–H groups in total. The first kappa shape index (κ1) is 24.6. The van der Waals surface area contributed by atoms with E-state index in [1.54, 1.807) is 7.05 Å². The average molecular weight is 438 g/mol. The number of guanidine groups is 1. The first-order valence-electron chi connectivity index (χ1n) is 11.0. The highest BCUT2D eigenvalue weighted by molar-refractivity contribution is 7.88. The van der Waals surface area contributed by atoms with Crippen molar-refractivity contribution in [3.63, 3.8) is 0 Å². The number of nitrogens with zero attached hydrogens (tertiary/aromatic N) is 2. The number of aliphatic imine (C=N–C) groups is 1. The second-order valence-corrected chi connectivity index (χ2v) is 10.3. The van der Waals surface area contributed by atoms with Gasteiger partial charge in [0.1, 0.15) is 0 Å². The second kappa shape index (κ2) is 12.3. The van der Waals surface area contributed by atoms with E-state index in [1.165, 1.54) is 25.9 Å². The molecule has 1 aliphatic heterocycles. The van der Waals surface area contributed by atoms with E-state index < -0.39 is 10.0 Å². The topological polar surface area (TPSA) is 85.8 Å². The largest absolute Gasteiger partial charge is 0.356 e. The minimum atomic E-state index is -3.30. The first-order valence-corrected chi connectivity index (χ1v) is 12.7. The fraction of sp³-hybridized carbons (Fsp3) is 0.682. The molecule has 7 nitrogen and oxygen atoms in total. The Kier molecular flexibility index (Phi) is 10.1. The van der Waals surface area contributed by atoms with Gasteiger partial charge < -0.3 is 15.5 Å². The van der Waals surface area contributed by atoms with Crippen molar-refractivity contribution in [2.75, 3.05) is 33.2 Å². The molecule has 170 valence electrons. The maximum Gasteiger partial charge on any atom is 0.216 e. The highest BCUT2D eigenvalue weighted by Gasteiger charge is 2.15. The van der Waals surface area contributed by atoms with Crippen molar-refractivity contribution in [1.82, 2.24) is 20.3 Å². The molecule has 30 heavy (non-hydrogen) atoms. The summed E-state index contributed by atoms with van der Waals surface area (Å²) in [7, 11) is -1.52. The third-order valence-electron chi connectivity index (χ3n) is 5.30. The summed E-state index contributed by atoms with van der Waals surface area (Å²) in [6.07, 6.45) is 3.73. The standard InChI is InChI=1S/C22H39N5O2S/c1-18(2)26-30(28,29)17-21-8-6-20(7-9-21)16-25-22(23-4)24-12-5-13-27-14-10-19(3)11-15-27/h6-9,18-19,26H,5,10-17H2,1-4H3,(H2,23,24,25). The molecule has 1 fully saturated rings. The van der Waals surface area contributed by atoms with Gasteiger partial charge in [-0.2, -0.15) is 0 Å². The molecular weight excluding hydrogens is 398 g/mol. The van der Waals surface area contributed by atoms with E-state index in [0.717, 1.165) is 42.5 Å². The summed E-state index contributed by atoms with van der Waals surface area (Å²) in [6, 6.07) is 7.55. The lowest BCUT2D eigenvalue weighted by atomic mass is 9.99. The van der Waals surface area contributed by atoms with Crippen LogP contribution in [0.5, 0.6) is 0 Å². The van der Waals surface area contributed by atoms with Crippen molar-refractivity contribution in [3.8, 4) is 0 Å². The number of rotatable bonds is 10. The number of likely N-dealkylation sites (tertiary alicyclic amines) is 1. The van der Waals surface area contributed by atoms with Crippen LogP contribution in [0.4, 0.5) is 0 Å². The summed E-state index contributed by atoms with van der Waals surface area (Å²) < 4.78 is 26.7. The van der Waals surface area contributed by atoms with Gasteiger partial charge in [-0.25, -0.2) is 13.1 Å². The number of benzene rings is 1. The van der Waals surface area contributed by atoms with Gasteiger partial charge in [0.25, 0.3) is 0 Å². The molecule has 1 aromatic rings. The Balaban J connectivity index is 1.69. The van der Waals surface area contributed by atoms with Crippen LogP contribution in [0.15, 0.2) is 29.3 Å². The van der Waals surface area contributed by atoms with Crippen LogP contribution in [0.2, 0.25) is 0 Å². The normalized spacial score (nSPS) is 16.8. The predicted octanol–water partition coefficient (Wildman–Crippen LogP) is 2.30. The van der Waals surface area contributed by atoms with E-state index in [1.807, 2.05) is 38.1 Å². The van der Waals surface area contributed by atoms with Crippen LogP contribution in [0, 0.1) is 5.92 Å². The fourth-order valence-electron chi connectivity index (χ4n) is 3.58. The van der Waals surface area contributed by atoms with Gasteiger partial charge in [0.15, 0.2) is 5.96 Å². The molecule has 0 bridgehead atoms. The quantitative estimate of drug-likeness (QED) is 0.297. The van der Waals surface area contributed by atoms with E-state index in [-0.39, 0.29) is 11.8 Å². The fourth-order valence-corrected chi connectivity index (χ4v) is 5.01. The van der Waals surface area contributed by atoms with Gasteiger partial charge in [-0.15, -0.1) is 0 Å². The lowest BCUT2D eigenvalue weighted by Crippen LogP contribution is -2.39. The van der Waals surface area contributed by atoms with E-state index in [9.17, 15) is 8.42 Å². The number of hydrogen-bond donors (Lipinski definition) is 3. The second-order valence-electron chi connectivity index (χ2n) is 8.58. The van der Waals surface area contributed by atoms with Gasteiger partial charge in [-0.05, 0) is 69.8 Å². The molecule has 0 amide bonds. The van der Waals surface area contributed by atoms with Gasteiger partial charge in [0, 0.05) is 26.2 Å². The molecule has 1 aliphatic rings. The minimum Gasteiger partial charge on any atom is -0.356 e. The van der Waals surface area contributed by atoms with Gasteiger partial charge in [0.2, 0.25) is 10.0 Å². The Hall–Kier alpha value is -1.64. The number of hydrogen-bond acceptors (Lipinski definition) is 4. The molecule has 2 rings (SSSR count). The molecule has 0 atom stereocenters. The lowest BCUT2D eigenvalue weighted by Gasteiger charge is -2.30. The van der Waals surface area contributed by atoms with Crippen molar-refractivity contribution in [2.45, 2.75) is 58.4 Å². The lowest BCUT2D eigenvalue weighted by molar-refractivity contribution is 0.191. The van der Waals surface area contributed by atoms with Crippen LogP contribution < -0.4 is 15.4 Å². The molecular formula is C22H39N5O2S. The zero-order chi connectivity index (χ0) is 22.0. The molecule has 0 saturated carbocycles. The third kappa shape index (κ3) is 9.45. The summed E-state index contributed by atoms with van der Waals surface area (Å²) >= 11 is 0. The Morgan fingerprint density at radius 3 is 2.37 bits per heavy atom. The van der Waals surface area contributed by atoms with Crippen LogP contribution >= 0.6 is 0 Å². The van der Waals surface area contributed by atoms with Gasteiger partial charge in [-0.3, -0.25) is 4.99 Å². The molecule has 0 unspecified atom stereocenters. The predicted molar refractivity (Wildman–Crippen MR) is 125 cm³/mol. The van der Waals surface area contributed by atoms with E-state index in [4.69, 9.17) is 0 Å². The summed E-state index contributed by atoms with van der Waals surface area (Å²) in [4.78, 5) is 6.84. The van der Waals surface area contributed by atoms with Crippen LogP contribution in [0.1, 0.15) is 51.2 Å². The van der Waals surface area contributed by atoms with Crippen molar-refractivity contribution in [2.24, 2.45) is 10.9 Å². The maximum absolute atomic E-state index is 12.0. The molecule has 1 saturated heterocycles. The van der Waals surface area contributed by atoms with Gasteiger partial charge in [0.05, 0.1) is 5.75 Å². The molecule has 1 heterocycles. The Labute approximate surface area is 182 Å². The smallest absolute Gasteiger partial charge is 0.216 e. The zero-order valence-corrected chi connectivity index (χ0v) is 19.8. The maximum atomic E-state index is 12.0. The summed E-state index contributed by atoms with van der Waals surface area (Å²) in [5, 5.41) is 6.69. The van der Waals surface area contributed by atoms with Crippen molar-refractivity contribution in [1.29, 1.82) is 0 Å². The summed E-state index contributed by atoms with van der Waals surface area (Å²) in [5.41, 5.74) is 1.86. The highest BCUT2D eigenvalue weighted by atomic mass is 32.2. The molecule has 0 radical (unpaired) electrons. The monoisotopic (exact) mass is 437 g/mol. The summed E-state index contributed by atoms with van der Waals surface area (Å²) in [5.74, 6) is 1.66. The van der Waals surface area contributed by atoms with E-state index in [2.05, 4.69) is 32.2 Å². The van der Waals surface area contributed by atoms with E-state index >= 15 is 0 Å². The number of sulfonamides is 1. The molecule has 8 heteroatoms. The molecule has 1 aromatic carbocycles.